The maximum atomic E-state index is 9.33. The summed E-state index contributed by atoms with van der Waals surface area (Å²) in [7, 11) is 0. The van der Waals surface area contributed by atoms with Crippen LogP contribution in [0, 0.1) is 0 Å². The smallest absolute Gasteiger partial charge is 0.436 e. The van der Waals surface area contributed by atoms with Gasteiger partial charge in [0.05, 0.1) is 23.8 Å². The summed E-state index contributed by atoms with van der Waals surface area (Å²) in [5, 5.41) is 0. The van der Waals surface area contributed by atoms with Crippen molar-refractivity contribution in [2.24, 2.45) is 0 Å². The molecule has 8 aromatic rings. The van der Waals surface area contributed by atoms with Gasteiger partial charge in [0, 0.05) is 44.6 Å². The number of para-hydroxylation sites is 6. The highest BCUT2D eigenvalue weighted by Gasteiger charge is 2.48. The number of fused-ring (bicyclic) bond motifs is 6. The minimum atomic E-state index is -0.783. The van der Waals surface area contributed by atoms with Crippen LogP contribution in [0.25, 0.3) is 11.1 Å². The molecule has 0 saturated heterocycles. The Labute approximate surface area is 332 Å². The largest absolute Gasteiger partial charge is 0.550 e. The van der Waals surface area contributed by atoms with E-state index in [2.05, 4.69) is 9.80 Å². The molecule has 8 heteroatoms. The topological polar surface area (TPSA) is 43.4 Å². The third-order valence-corrected chi connectivity index (χ3v) is 10.9. The van der Waals surface area contributed by atoms with Gasteiger partial charge in [0.1, 0.15) is 34.5 Å². The Morgan fingerprint density at radius 3 is 1.36 bits per heavy atom. The van der Waals surface area contributed by atoms with E-state index in [1.807, 2.05) is 152 Å². The molecule has 0 fully saturated rings. The Bertz CT molecular complexity index is 2960. The standard InChI is InChI=1S/C48H30B2N2O4/c1-4-16-31(17-5-1)44-47-34(49-45-38(24-14-28-42(45)53-47)51(32-18-6-2-7-19-32)36-22-10-12-26-40(36)55-49)30-35-48(44)54-43-29-15-25-39-46(43)50(35)56-41-27-13-11-23-37(41)52(39)33-20-8-3-9-21-33/h1-30H/i1D,4D,5D,16D,17D. The molecule has 0 amide bonds. The second-order valence-electron chi connectivity index (χ2n) is 13.9. The van der Waals surface area contributed by atoms with Crippen LogP contribution >= 0.6 is 0 Å². The zero-order chi connectivity index (χ0) is 41.1. The highest BCUT2D eigenvalue weighted by atomic mass is 16.5. The van der Waals surface area contributed by atoms with E-state index in [4.69, 9.17) is 22.9 Å². The van der Waals surface area contributed by atoms with Crippen LogP contribution in [-0.2, 0) is 0 Å². The van der Waals surface area contributed by atoms with Gasteiger partial charge >= 0.3 is 13.8 Å². The Morgan fingerprint density at radius 1 is 0.429 bits per heavy atom. The monoisotopic (exact) mass is 725 g/mol. The van der Waals surface area contributed by atoms with E-state index < -0.39 is 44.0 Å². The predicted molar refractivity (Wildman–Crippen MR) is 226 cm³/mol. The van der Waals surface area contributed by atoms with E-state index in [0.29, 0.717) is 33.9 Å². The molecule has 0 bridgehead atoms. The first kappa shape index (κ1) is 26.5. The summed E-state index contributed by atoms with van der Waals surface area (Å²) in [4.78, 5) is 4.32. The average Bonchev–Trinajstić information content (AvgIpc) is 3.55. The molecule has 0 saturated carbocycles. The summed E-state index contributed by atoms with van der Waals surface area (Å²) in [6.45, 7) is -1.57. The molecule has 0 unspecified atom stereocenters. The molecule has 0 spiro atoms. The first-order valence-electron chi connectivity index (χ1n) is 21.0. The Hall–Kier alpha value is -7.31. The van der Waals surface area contributed by atoms with Crippen molar-refractivity contribution in [1.82, 2.24) is 0 Å². The van der Waals surface area contributed by atoms with Gasteiger partial charge in [-0.25, -0.2) is 0 Å². The Balaban J connectivity index is 1.18. The van der Waals surface area contributed by atoms with Crippen molar-refractivity contribution in [3.05, 3.63) is 182 Å². The van der Waals surface area contributed by atoms with Crippen molar-refractivity contribution in [3.8, 4) is 45.6 Å². The fraction of sp³-hybridized carbons (Fsp3) is 0. The molecule has 4 aliphatic rings. The molecule has 0 N–H and O–H groups in total. The van der Waals surface area contributed by atoms with Crippen molar-refractivity contribution in [1.29, 1.82) is 0 Å². The summed E-state index contributed by atoms with van der Waals surface area (Å²) < 4.78 is 73.1. The first-order valence-corrected chi connectivity index (χ1v) is 18.5. The summed E-state index contributed by atoms with van der Waals surface area (Å²) in [6.07, 6.45) is 0. The molecule has 4 heterocycles. The Morgan fingerprint density at radius 2 is 0.857 bits per heavy atom. The van der Waals surface area contributed by atoms with E-state index in [0.717, 1.165) is 45.0 Å². The zero-order valence-corrected chi connectivity index (χ0v) is 29.6. The maximum absolute atomic E-state index is 9.33. The van der Waals surface area contributed by atoms with Crippen LogP contribution in [0.15, 0.2) is 182 Å². The van der Waals surface area contributed by atoms with Crippen molar-refractivity contribution < 1.29 is 25.6 Å². The van der Waals surface area contributed by atoms with Crippen LogP contribution in [0.1, 0.15) is 6.85 Å². The van der Waals surface area contributed by atoms with Crippen LogP contribution in [0.3, 0.4) is 0 Å². The van der Waals surface area contributed by atoms with Gasteiger partial charge in [0.25, 0.3) is 0 Å². The highest BCUT2D eigenvalue weighted by Crippen LogP contribution is 2.50. The number of rotatable bonds is 3. The molecular weight excluding hydrogens is 690 g/mol. The quantitative estimate of drug-likeness (QED) is 0.169. The average molecular weight is 725 g/mol. The van der Waals surface area contributed by atoms with E-state index in [-0.39, 0.29) is 22.6 Å². The van der Waals surface area contributed by atoms with Gasteiger partial charge in [-0.1, -0.05) is 109 Å². The van der Waals surface area contributed by atoms with Crippen molar-refractivity contribution in [2.45, 2.75) is 0 Å². The number of hydrogen-bond donors (Lipinski definition) is 0. The number of anilines is 6. The summed E-state index contributed by atoms with van der Waals surface area (Å²) >= 11 is 0. The lowest BCUT2D eigenvalue weighted by Gasteiger charge is -2.34. The second kappa shape index (κ2) is 12.1. The molecule has 0 aromatic heterocycles. The molecule has 0 radical (unpaired) electrons. The summed E-state index contributed by atoms with van der Waals surface area (Å²) in [5.41, 5.74) is 8.03. The van der Waals surface area contributed by atoms with Crippen LogP contribution in [-0.4, -0.2) is 13.8 Å². The molecule has 8 aromatic carbocycles. The SMILES string of the molecule is [2H]c1c([2H])c([2H])c(-c2c3c(cc4c2Oc2cccc5c2B4Oc2ccccc2N5c2ccccc2)B2Oc4ccccc4N(c4ccccc4)c4cccc(c42)O3)c([2H])c1[2H]. The minimum Gasteiger partial charge on any atom is -0.550 e. The fourth-order valence-corrected chi connectivity index (χ4v) is 8.54. The van der Waals surface area contributed by atoms with Gasteiger partial charge in [-0.15, -0.1) is 0 Å². The normalized spacial score (nSPS) is 15.0. The molecule has 0 atom stereocenters. The van der Waals surface area contributed by atoms with Gasteiger partial charge in [-0.05, 0) is 78.4 Å². The van der Waals surface area contributed by atoms with Gasteiger partial charge in [-0.2, -0.15) is 0 Å². The van der Waals surface area contributed by atoms with Crippen molar-refractivity contribution >= 4 is 69.8 Å². The maximum Gasteiger partial charge on any atom is 0.436 e. The van der Waals surface area contributed by atoms with Gasteiger partial charge in [0.2, 0.25) is 0 Å². The number of benzene rings is 8. The van der Waals surface area contributed by atoms with E-state index >= 15 is 0 Å². The predicted octanol–water partition coefficient (Wildman–Crippen LogP) is 9.50. The summed E-state index contributed by atoms with van der Waals surface area (Å²) in [6, 6.07) is 47.3. The molecule has 12 rings (SSSR count). The van der Waals surface area contributed by atoms with Crippen LogP contribution < -0.4 is 50.4 Å². The molecule has 56 heavy (non-hydrogen) atoms. The number of ether oxygens (including phenoxy) is 2. The van der Waals surface area contributed by atoms with Crippen LogP contribution in [0.4, 0.5) is 34.1 Å². The second-order valence-corrected chi connectivity index (χ2v) is 13.9. The highest BCUT2D eigenvalue weighted by molar-refractivity contribution is 6.87. The van der Waals surface area contributed by atoms with Gasteiger partial charge in [0.15, 0.2) is 0 Å². The first-order chi connectivity index (χ1) is 29.9. The molecule has 4 aliphatic heterocycles. The van der Waals surface area contributed by atoms with Gasteiger partial charge in [-0.3, -0.25) is 0 Å². The summed E-state index contributed by atoms with van der Waals surface area (Å²) in [5.74, 6) is 2.75. The van der Waals surface area contributed by atoms with Crippen LogP contribution in [0.2, 0.25) is 0 Å². The molecular formula is C48H30B2N2O4. The molecule has 0 aliphatic carbocycles. The zero-order valence-electron chi connectivity index (χ0n) is 34.6. The van der Waals surface area contributed by atoms with Crippen LogP contribution in [0.5, 0.6) is 34.5 Å². The minimum absolute atomic E-state index is 0.0572. The number of nitrogens with zero attached hydrogens (tertiary/aromatic N) is 2. The third kappa shape index (κ3) is 4.53. The lowest BCUT2D eigenvalue weighted by atomic mass is 9.48. The van der Waals surface area contributed by atoms with Crippen molar-refractivity contribution in [3.63, 3.8) is 0 Å². The molecule has 6 nitrogen and oxygen atoms in total. The number of hydrogen-bond acceptors (Lipinski definition) is 6. The van der Waals surface area contributed by atoms with E-state index in [1.54, 1.807) is 0 Å². The van der Waals surface area contributed by atoms with E-state index in [1.165, 1.54) is 0 Å². The Kier molecular flexibility index (Phi) is 5.72. The van der Waals surface area contributed by atoms with E-state index in [9.17, 15) is 2.74 Å². The fourth-order valence-electron chi connectivity index (χ4n) is 8.54. The third-order valence-electron chi connectivity index (χ3n) is 10.9. The lowest BCUT2D eigenvalue weighted by Crippen LogP contribution is -2.56. The molecule has 262 valence electrons. The van der Waals surface area contributed by atoms with Gasteiger partial charge < -0.3 is 28.6 Å². The lowest BCUT2D eigenvalue weighted by molar-refractivity contribution is 0.463. The van der Waals surface area contributed by atoms with Crippen molar-refractivity contribution in [2.75, 3.05) is 9.80 Å².